The van der Waals surface area contributed by atoms with Gasteiger partial charge in [0.25, 0.3) is 6.71 Å². The maximum atomic E-state index is 11.7. The summed E-state index contributed by atoms with van der Waals surface area (Å²) in [7, 11) is 0. The van der Waals surface area contributed by atoms with Gasteiger partial charge in [0.2, 0.25) is 0 Å². The van der Waals surface area contributed by atoms with Gasteiger partial charge < -0.3 is 24.2 Å². The van der Waals surface area contributed by atoms with Crippen LogP contribution in [0.25, 0.3) is 58.8 Å². The van der Waals surface area contributed by atoms with Crippen LogP contribution in [0.3, 0.4) is 0 Å². The van der Waals surface area contributed by atoms with Gasteiger partial charge in [-0.15, -0.1) is 11.3 Å². The van der Waals surface area contributed by atoms with E-state index < -0.39 is 400 Å². The average Bonchev–Trinajstić information content (AvgIpc) is 1.63. The van der Waals surface area contributed by atoms with E-state index in [9.17, 15) is 49.3 Å². The Hall–Kier alpha value is -10.1. The highest BCUT2D eigenvalue weighted by Crippen LogP contribution is 2.56. The highest BCUT2D eigenvalue weighted by molar-refractivity contribution is 7.26. The fourth-order valence-electron chi connectivity index (χ4n) is 12.2. The van der Waals surface area contributed by atoms with Gasteiger partial charge in [-0.05, 0) is 192 Å². The zero-order valence-corrected chi connectivity index (χ0v) is 54.0. The molecule has 0 radical (unpaired) electrons. The maximum absolute atomic E-state index is 11.7. The van der Waals surface area contributed by atoms with E-state index in [1.807, 2.05) is 0 Å². The second-order valence-corrected chi connectivity index (χ2v) is 28.4. The van der Waals surface area contributed by atoms with E-state index in [-0.39, 0.29) is 47.8 Å². The quantitative estimate of drug-likeness (QED) is 0.141. The molecule has 464 valence electrons. The number of fused-ring (bicyclic) bond motifs is 12. The Labute approximate surface area is 622 Å². The highest BCUT2D eigenvalue weighted by atomic mass is 32.1. The first-order valence-electron chi connectivity index (χ1n) is 51.4. The van der Waals surface area contributed by atoms with Crippen molar-refractivity contribution >= 4 is 145 Å². The molecule has 0 spiro atoms. The average molecular weight is 1290 g/mol. The smallest absolute Gasteiger partial charge is 0.252 e. The van der Waals surface area contributed by atoms with Crippen molar-refractivity contribution in [3.05, 3.63) is 276 Å². The zero-order valence-electron chi connectivity index (χ0n) is 95.2. The summed E-state index contributed by atoms with van der Waals surface area (Å²) in [6.07, 6.45) is 0. The molecule has 0 bridgehead atoms. The minimum absolute atomic E-state index is 0.0742. The minimum Gasteiger partial charge on any atom is -0.311 e. The molecule has 17 rings (SSSR count). The van der Waals surface area contributed by atoms with Crippen molar-refractivity contribution in [1.29, 1.82) is 0 Å². The van der Waals surface area contributed by atoms with Gasteiger partial charge in [-0.3, -0.25) is 0 Å². The summed E-state index contributed by atoms with van der Waals surface area (Å²) in [6, 6.07) is -44.5. The van der Waals surface area contributed by atoms with Crippen LogP contribution in [-0.2, 0) is 21.7 Å². The number of hydrogen-bond donors (Lipinski definition) is 0. The fourth-order valence-corrected chi connectivity index (χ4v) is 13.2. The van der Waals surface area contributed by atoms with Crippen LogP contribution >= 0.6 is 11.3 Å². The van der Waals surface area contributed by atoms with E-state index in [1.165, 1.54) is 41.5 Å². The molecule has 0 saturated carbocycles. The zero-order chi connectivity index (χ0) is 102. The molecule has 95 heavy (non-hydrogen) atoms. The molecule has 0 fully saturated rings. The summed E-state index contributed by atoms with van der Waals surface area (Å²) >= 11 is 0.506. The van der Waals surface area contributed by atoms with E-state index in [2.05, 4.69) is 0 Å². The molecule has 3 aliphatic heterocycles. The predicted octanol–water partition coefficient (Wildman–Crippen LogP) is 23.3. The molecule has 5 heterocycles. The largest absolute Gasteiger partial charge is 0.311 e. The Bertz CT molecular complexity index is 7780. The monoisotopic (exact) mass is 1290 g/mol. The van der Waals surface area contributed by atoms with Crippen molar-refractivity contribution < 1.29 is 57.6 Å². The third-order valence-corrected chi connectivity index (χ3v) is 18.0. The first-order chi connectivity index (χ1) is 63.2. The van der Waals surface area contributed by atoms with Gasteiger partial charge in [0, 0.05) is 82.1 Å². The molecule has 7 heteroatoms. The van der Waals surface area contributed by atoms with Gasteiger partial charge in [-0.2, -0.15) is 0 Å². The number of rotatable bonds is 8. The molecule has 0 amide bonds. The third-order valence-electron chi connectivity index (χ3n) is 16.9. The molecule has 0 unspecified atom stereocenters. The molecule has 2 aromatic heterocycles. The lowest BCUT2D eigenvalue weighted by Gasteiger charge is -2.47. The SMILES string of the molecule is [2H]c1c([2H])c([2H])c(N(c2c([2H])c([2H])c([2H])c([2H])c2[2H])c2c([2H])c3c4c(c2[2H])N2c5c(c([2H])c([2H])c([2H])c5-n5c6c([2H])c([2H])c(C(C)(C)C)c([2H])c6c6c([2H])c(C(C)(C)C)c([2H])c2c65)B4c2c([2H])c([2H])c(N(c4c([2H])c([2H])c(C(C)(C)C)c([2H])c4[2H])c4c([2H])c([2H])c(C(C)(C)C)c([2H])c4[2H])c([2H])c2N3c2c([2H])c([2H])c(-c3c([2H])c([2H])c([2H])c4c3sc3c([2H])c([2H])c([2H])c([2H])c34)c([2H])c2[2H])c([2H])c1[2H]. The lowest BCUT2D eigenvalue weighted by Crippen LogP contribution is -2.61. The van der Waals surface area contributed by atoms with Gasteiger partial charge in [0.05, 0.1) is 91.4 Å². The molecule has 0 atom stereocenters. The molecule has 0 aliphatic carbocycles. The predicted molar refractivity (Wildman–Crippen MR) is 411 cm³/mol. The first kappa shape index (κ1) is 29.3. The molecule has 0 saturated heterocycles. The molecule has 0 N–H and O–H groups in total. The summed E-state index contributed by atoms with van der Waals surface area (Å²) < 4.78 is 424. The van der Waals surface area contributed by atoms with Gasteiger partial charge in [0.1, 0.15) is 0 Å². The molecular weight excluding hydrogens is 1170 g/mol. The first-order valence-corrected chi connectivity index (χ1v) is 31.2. The van der Waals surface area contributed by atoms with E-state index >= 15 is 0 Å². The number of aromatic nitrogens is 1. The van der Waals surface area contributed by atoms with E-state index in [4.69, 9.17) is 8.22 Å². The summed E-state index contributed by atoms with van der Waals surface area (Å²) in [4.78, 5) is 2.32. The lowest BCUT2D eigenvalue weighted by molar-refractivity contribution is 0.590. The third kappa shape index (κ3) is 9.39. The van der Waals surface area contributed by atoms with Crippen LogP contribution in [0.2, 0.25) is 0 Å². The number of hydrogen-bond acceptors (Lipinski definition) is 5. The van der Waals surface area contributed by atoms with E-state index in [0.29, 0.717) is 26.0 Å². The van der Waals surface area contributed by atoms with E-state index in [1.54, 1.807) is 41.5 Å². The van der Waals surface area contributed by atoms with Crippen molar-refractivity contribution in [1.82, 2.24) is 4.57 Å². The van der Waals surface area contributed by atoms with Crippen molar-refractivity contribution in [3.63, 3.8) is 0 Å². The Kier molecular flexibility index (Phi) is 6.54. The molecule has 5 nitrogen and oxygen atoms in total. The molecule has 14 aromatic rings. The summed E-state index contributed by atoms with van der Waals surface area (Å²) in [5.74, 6) is 0. The molecule has 12 aromatic carbocycles. The summed E-state index contributed by atoms with van der Waals surface area (Å²) in [5.41, 5.74) is -25.0. The van der Waals surface area contributed by atoms with Gasteiger partial charge in [0.15, 0.2) is 0 Å². The lowest BCUT2D eigenvalue weighted by atomic mass is 9.33. The maximum Gasteiger partial charge on any atom is 0.252 e. The fraction of sp³-hybridized carbons (Fsp3) is 0.182. The van der Waals surface area contributed by atoms with Crippen LogP contribution in [0.5, 0.6) is 0 Å². The second-order valence-electron chi connectivity index (χ2n) is 27.3. The minimum atomic E-state index is -2.49. The Morgan fingerprint density at radius 2 is 0.884 bits per heavy atom. The van der Waals surface area contributed by atoms with Gasteiger partial charge in [-0.1, -0.05) is 216 Å². The van der Waals surface area contributed by atoms with Crippen LogP contribution in [-0.4, -0.2) is 11.3 Å². The van der Waals surface area contributed by atoms with Crippen LogP contribution in [0.4, 0.5) is 68.2 Å². The van der Waals surface area contributed by atoms with Gasteiger partial charge in [-0.25, -0.2) is 0 Å². The topological polar surface area (TPSA) is 17.9 Å². The van der Waals surface area contributed by atoms with Crippen molar-refractivity contribution in [2.45, 2.75) is 105 Å². The Morgan fingerprint density at radius 1 is 0.358 bits per heavy atom. The Morgan fingerprint density at radius 3 is 1.52 bits per heavy atom. The van der Waals surface area contributed by atoms with Crippen LogP contribution < -0.4 is 36.0 Å². The molecular formula is C88H78BN5S. The normalized spacial score (nSPS) is 19.6. The van der Waals surface area contributed by atoms with E-state index in [0.717, 1.165) is 9.47 Å². The van der Waals surface area contributed by atoms with Crippen molar-refractivity contribution in [3.8, 4) is 16.8 Å². The number of thiophene rings is 1. The highest BCUT2D eigenvalue weighted by Gasteiger charge is 2.47. The van der Waals surface area contributed by atoms with Crippen LogP contribution in [0, 0.1) is 0 Å². The number of nitrogens with zero attached hydrogens (tertiary/aromatic N) is 5. The van der Waals surface area contributed by atoms with Crippen molar-refractivity contribution in [2.75, 3.05) is 19.6 Å². The Balaban J connectivity index is 1.21. The second kappa shape index (κ2) is 21.2. The van der Waals surface area contributed by atoms with Crippen molar-refractivity contribution in [2.24, 2.45) is 0 Å². The summed E-state index contributed by atoms with van der Waals surface area (Å²) in [5, 5.41) is -1.40. The number of para-hydroxylation sites is 3. The van der Waals surface area contributed by atoms with Gasteiger partial charge >= 0.3 is 0 Å². The van der Waals surface area contributed by atoms with Crippen LogP contribution in [0.15, 0.2) is 254 Å². The summed E-state index contributed by atoms with van der Waals surface area (Å²) in [6.45, 7) is 16.4. The standard InChI is InChI=1S/C88H78BN5S/c1-85(2,3)56-35-42-62(43-36-56)90(63-44-37-57(38-45-63)86(4,5)6)65-46-47-72-76(52-65)92(64-40-33-55(34-41-64)67-28-21-29-69-68-27-19-20-32-80(68)95-84(67)69)77-53-66(91(60-23-15-13-16-24-60)61-25-17-14-18-26-61)54-78-81(77)89(72)73-30-22-31-75-83(73)94(78)79-51-59(88(10,11)12)50-71-70-49-58(87(7,8)9)39-48-74(70)93(75)82(71)79/h13-54H,1-12H3/i13D,14D,15D,16D,17D,18D,19D,20D,21D,22D,23D,24D,25D,26D,27D,28D,29D,30D,31D,32D,33D,34D,35D,36D,37D,38D,39D,40D,41D,42D,43D,44D,45D,46D,47D,48D,49D,50D,51D,52D,53D,54D. The number of benzene rings is 12. The number of anilines is 12. The molecule has 3 aliphatic rings. The van der Waals surface area contributed by atoms with Crippen LogP contribution in [0.1, 0.15) is 163 Å².